The van der Waals surface area contributed by atoms with Gasteiger partial charge in [-0.3, -0.25) is 9.59 Å². The Labute approximate surface area is 134 Å². The van der Waals surface area contributed by atoms with Gasteiger partial charge in [0, 0.05) is 23.3 Å². The summed E-state index contributed by atoms with van der Waals surface area (Å²) in [6.07, 6.45) is 1.59. The van der Waals surface area contributed by atoms with Crippen LogP contribution in [0, 0.1) is 0 Å². The highest BCUT2D eigenvalue weighted by atomic mass is 79.9. The van der Waals surface area contributed by atoms with Crippen LogP contribution in [0.4, 0.5) is 0 Å². The molecule has 0 saturated heterocycles. The first kappa shape index (κ1) is 14.6. The Hall–Kier alpha value is -2.28. The molecule has 1 amide bonds. The fourth-order valence-electron chi connectivity index (χ4n) is 2.09. The summed E-state index contributed by atoms with van der Waals surface area (Å²) in [7, 11) is 0. The second kappa shape index (κ2) is 6.23. The molecule has 1 N–H and O–H groups in total. The van der Waals surface area contributed by atoms with Crippen LogP contribution in [0.25, 0.3) is 0 Å². The average molecular weight is 365 g/mol. The molecule has 2 heterocycles. The third-order valence-electron chi connectivity index (χ3n) is 3.19. The smallest absolute Gasteiger partial charge is 0.251 e. The van der Waals surface area contributed by atoms with Gasteiger partial charge >= 0.3 is 0 Å². The van der Waals surface area contributed by atoms with Gasteiger partial charge in [0.2, 0.25) is 12.7 Å². The molecule has 0 spiro atoms. The van der Waals surface area contributed by atoms with Gasteiger partial charge in [-0.1, -0.05) is 6.07 Å². The minimum absolute atomic E-state index is 0.0250. The Morgan fingerprint density at radius 2 is 2.05 bits per heavy atom. The summed E-state index contributed by atoms with van der Waals surface area (Å²) >= 11 is 3.27. The van der Waals surface area contributed by atoms with Crippen molar-refractivity contribution < 1.29 is 14.3 Å². The van der Waals surface area contributed by atoms with Crippen LogP contribution >= 0.6 is 15.9 Å². The molecule has 114 valence electrons. The summed E-state index contributed by atoms with van der Waals surface area (Å²) in [5, 5.41) is 2.77. The predicted octanol–water partition coefficient (Wildman–Crippen LogP) is 1.66. The van der Waals surface area contributed by atoms with E-state index >= 15 is 0 Å². The Bertz CT molecular complexity index is 772. The highest BCUT2D eigenvalue weighted by Crippen LogP contribution is 2.32. The first-order valence-electron chi connectivity index (χ1n) is 6.63. The molecule has 0 saturated carbocycles. The molecule has 1 aliphatic heterocycles. The van der Waals surface area contributed by atoms with E-state index in [4.69, 9.17) is 9.47 Å². The Morgan fingerprint density at radius 3 is 2.91 bits per heavy atom. The molecule has 2 aromatic rings. The van der Waals surface area contributed by atoms with Crippen LogP contribution in [0.2, 0.25) is 0 Å². The summed E-state index contributed by atoms with van der Waals surface area (Å²) in [5.41, 5.74) is 0.681. The monoisotopic (exact) mass is 364 g/mol. The van der Waals surface area contributed by atoms with E-state index in [-0.39, 0.29) is 24.8 Å². The average Bonchev–Trinajstić information content (AvgIpc) is 2.96. The second-order valence-corrected chi connectivity index (χ2v) is 5.69. The van der Waals surface area contributed by atoms with Gasteiger partial charge in [-0.2, -0.15) is 0 Å². The maximum atomic E-state index is 11.9. The standard InChI is InChI=1S/C15H13BrN2O4/c16-11-2-4-15(20)18(7-11)8-14(19)17-6-10-1-3-12-13(5-10)22-9-21-12/h1-5,7H,6,8-9H2,(H,17,19). The van der Waals surface area contributed by atoms with Crippen LogP contribution in [0.5, 0.6) is 11.5 Å². The van der Waals surface area contributed by atoms with Crippen LogP contribution in [0.15, 0.2) is 45.8 Å². The maximum absolute atomic E-state index is 11.9. The highest BCUT2D eigenvalue weighted by molar-refractivity contribution is 9.10. The van der Waals surface area contributed by atoms with Crippen molar-refractivity contribution in [2.75, 3.05) is 6.79 Å². The number of rotatable bonds is 4. The van der Waals surface area contributed by atoms with Gasteiger partial charge in [0.25, 0.3) is 5.56 Å². The molecular weight excluding hydrogens is 352 g/mol. The van der Waals surface area contributed by atoms with Crippen LogP contribution in [0.1, 0.15) is 5.56 Å². The summed E-state index contributed by atoms with van der Waals surface area (Å²) in [5.74, 6) is 1.14. The molecule has 0 radical (unpaired) electrons. The van der Waals surface area contributed by atoms with E-state index in [0.717, 1.165) is 10.0 Å². The number of ether oxygens (including phenoxy) is 2. The minimum atomic E-state index is -0.238. The number of carbonyl (C=O) groups excluding carboxylic acids is 1. The number of hydrogen-bond donors (Lipinski definition) is 1. The Balaban J connectivity index is 1.60. The number of fused-ring (bicyclic) bond motifs is 1. The fourth-order valence-corrected chi connectivity index (χ4v) is 2.47. The lowest BCUT2D eigenvalue weighted by molar-refractivity contribution is -0.121. The van der Waals surface area contributed by atoms with Gasteiger partial charge in [0.1, 0.15) is 6.54 Å². The van der Waals surface area contributed by atoms with E-state index in [1.165, 1.54) is 10.6 Å². The molecule has 7 heteroatoms. The molecule has 0 bridgehead atoms. The Kier molecular flexibility index (Phi) is 4.15. The highest BCUT2D eigenvalue weighted by Gasteiger charge is 2.13. The van der Waals surface area contributed by atoms with Crippen molar-refractivity contribution >= 4 is 21.8 Å². The summed E-state index contributed by atoms with van der Waals surface area (Å²) in [6.45, 7) is 0.554. The molecule has 22 heavy (non-hydrogen) atoms. The molecule has 0 unspecified atom stereocenters. The van der Waals surface area contributed by atoms with Crippen LogP contribution in [-0.2, 0) is 17.9 Å². The van der Waals surface area contributed by atoms with Gasteiger partial charge in [0.15, 0.2) is 11.5 Å². The number of carbonyl (C=O) groups is 1. The Morgan fingerprint density at radius 1 is 1.23 bits per heavy atom. The molecular formula is C15H13BrN2O4. The van der Waals surface area contributed by atoms with E-state index in [1.54, 1.807) is 12.3 Å². The van der Waals surface area contributed by atoms with Gasteiger partial charge < -0.3 is 19.4 Å². The first-order chi connectivity index (χ1) is 10.6. The SMILES string of the molecule is O=C(Cn1cc(Br)ccc1=O)NCc1ccc2c(c1)OCO2. The lowest BCUT2D eigenvalue weighted by Crippen LogP contribution is -2.31. The predicted molar refractivity (Wildman–Crippen MR) is 82.8 cm³/mol. The van der Waals surface area contributed by atoms with E-state index in [0.29, 0.717) is 18.0 Å². The molecule has 0 aliphatic carbocycles. The molecule has 1 aliphatic rings. The largest absolute Gasteiger partial charge is 0.454 e. The zero-order valence-electron chi connectivity index (χ0n) is 11.5. The molecule has 1 aromatic carbocycles. The first-order valence-corrected chi connectivity index (χ1v) is 7.42. The fraction of sp³-hybridized carbons (Fsp3) is 0.200. The van der Waals surface area contributed by atoms with Gasteiger partial charge in [-0.15, -0.1) is 0 Å². The number of benzene rings is 1. The zero-order valence-corrected chi connectivity index (χ0v) is 13.1. The number of pyridine rings is 1. The number of nitrogens with zero attached hydrogens (tertiary/aromatic N) is 1. The quantitative estimate of drug-likeness (QED) is 0.895. The second-order valence-electron chi connectivity index (χ2n) is 4.78. The molecule has 6 nitrogen and oxygen atoms in total. The van der Waals surface area contributed by atoms with Crippen molar-refractivity contribution in [2.45, 2.75) is 13.1 Å². The lowest BCUT2D eigenvalue weighted by atomic mass is 10.2. The van der Waals surface area contributed by atoms with Crippen molar-refractivity contribution in [2.24, 2.45) is 0 Å². The van der Waals surface area contributed by atoms with Crippen LogP contribution in [-0.4, -0.2) is 17.3 Å². The molecule has 1 aromatic heterocycles. The van der Waals surface area contributed by atoms with E-state index < -0.39 is 0 Å². The normalized spacial score (nSPS) is 12.2. The van der Waals surface area contributed by atoms with Crippen LogP contribution in [0.3, 0.4) is 0 Å². The van der Waals surface area contributed by atoms with Gasteiger partial charge in [-0.05, 0) is 39.7 Å². The molecule has 3 rings (SSSR count). The summed E-state index contributed by atoms with van der Waals surface area (Å²) in [6, 6.07) is 8.55. The van der Waals surface area contributed by atoms with Crippen molar-refractivity contribution in [3.05, 3.63) is 56.9 Å². The van der Waals surface area contributed by atoms with Gasteiger partial charge in [0.05, 0.1) is 0 Å². The number of hydrogen-bond acceptors (Lipinski definition) is 4. The van der Waals surface area contributed by atoms with Crippen molar-refractivity contribution in [1.29, 1.82) is 0 Å². The summed E-state index contributed by atoms with van der Waals surface area (Å²) in [4.78, 5) is 23.6. The number of aromatic nitrogens is 1. The minimum Gasteiger partial charge on any atom is -0.454 e. The molecule has 0 atom stereocenters. The third-order valence-corrected chi connectivity index (χ3v) is 3.66. The number of amides is 1. The van der Waals surface area contributed by atoms with E-state index in [9.17, 15) is 9.59 Å². The molecule has 0 fully saturated rings. The maximum Gasteiger partial charge on any atom is 0.251 e. The summed E-state index contributed by atoms with van der Waals surface area (Å²) < 4.78 is 12.6. The zero-order chi connectivity index (χ0) is 15.5. The lowest BCUT2D eigenvalue weighted by Gasteiger charge is -2.08. The number of halogens is 1. The third kappa shape index (κ3) is 3.30. The van der Waals surface area contributed by atoms with E-state index in [2.05, 4.69) is 21.2 Å². The van der Waals surface area contributed by atoms with E-state index in [1.807, 2.05) is 18.2 Å². The van der Waals surface area contributed by atoms with Crippen molar-refractivity contribution in [3.8, 4) is 11.5 Å². The van der Waals surface area contributed by atoms with Crippen molar-refractivity contribution in [3.63, 3.8) is 0 Å². The van der Waals surface area contributed by atoms with Gasteiger partial charge in [-0.25, -0.2) is 0 Å². The van der Waals surface area contributed by atoms with Crippen LogP contribution < -0.4 is 20.3 Å². The number of nitrogens with one attached hydrogen (secondary N) is 1. The van der Waals surface area contributed by atoms with Crippen molar-refractivity contribution in [1.82, 2.24) is 9.88 Å². The topological polar surface area (TPSA) is 69.6 Å².